The van der Waals surface area contributed by atoms with Crippen LogP contribution in [0.2, 0.25) is 5.02 Å². The zero-order valence-corrected chi connectivity index (χ0v) is 17.4. The maximum absolute atomic E-state index is 12.4. The lowest BCUT2D eigenvalue weighted by Crippen LogP contribution is -3.12. The van der Waals surface area contributed by atoms with Gasteiger partial charge in [0.05, 0.1) is 18.8 Å². The minimum atomic E-state index is -0.932. The molecule has 0 unspecified atom stereocenters. The molecule has 1 aliphatic rings. The van der Waals surface area contributed by atoms with Gasteiger partial charge in [-0.2, -0.15) is 0 Å². The molecule has 0 spiro atoms. The number of halogens is 1. The van der Waals surface area contributed by atoms with E-state index >= 15 is 0 Å². The van der Waals surface area contributed by atoms with Gasteiger partial charge in [0.2, 0.25) is 0 Å². The van der Waals surface area contributed by atoms with E-state index in [-0.39, 0.29) is 0 Å². The molecule has 1 heterocycles. The van der Waals surface area contributed by atoms with Crippen LogP contribution in [0.3, 0.4) is 0 Å². The Kier molecular flexibility index (Phi) is 7.25. The van der Waals surface area contributed by atoms with Crippen LogP contribution in [0.15, 0.2) is 42.5 Å². The van der Waals surface area contributed by atoms with Crippen molar-refractivity contribution in [2.75, 3.05) is 31.6 Å². The van der Waals surface area contributed by atoms with Crippen LogP contribution in [-0.2, 0) is 20.8 Å². The summed E-state index contributed by atoms with van der Waals surface area (Å²) in [5.74, 6) is -0.933. The second kappa shape index (κ2) is 9.87. The molecule has 0 saturated carbocycles. The van der Waals surface area contributed by atoms with Gasteiger partial charge in [-0.05, 0) is 43.7 Å². The SMILES string of the molecule is Cc1c(Cl)cccc1NC(=O)[C@@H](C)OC(=O)c1ccc(C[NH+]2CCOCC2)cc1. The minimum Gasteiger partial charge on any atom is -0.449 e. The van der Waals surface area contributed by atoms with Gasteiger partial charge in [-0.3, -0.25) is 4.79 Å². The molecule has 0 radical (unpaired) electrons. The van der Waals surface area contributed by atoms with Crippen LogP contribution >= 0.6 is 11.6 Å². The average molecular weight is 418 g/mol. The quantitative estimate of drug-likeness (QED) is 0.707. The van der Waals surface area contributed by atoms with E-state index in [4.69, 9.17) is 21.1 Å². The van der Waals surface area contributed by atoms with Crippen molar-refractivity contribution in [3.05, 3.63) is 64.2 Å². The van der Waals surface area contributed by atoms with Gasteiger partial charge in [-0.1, -0.05) is 29.8 Å². The number of rotatable bonds is 6. The third-order valence-electron chi connectivity index (χ3n) is 5.02. The predicted octanol–water partition coefficient (Wildman–Crippen LogP) is 2.25. The monoisotopic (exact) mass is 417 g/mol. The summed E-state index contributed by atoms with van der Waals surface area (Å²) in [7, 11) is 0. The van der Waals surface area contributed by atoms with Gasteiger partial charge in [-0.15, -0.1) is 0 Å². The molecule has 1 fully saturated rings. The van der Waals surface area contributed by atoms with Crippen LogP contribution in [0, 0.1) is 6.92 Å². The highest BCUT2D eigenvalue weighted by Crippen LogP contribution is 2.23. The van der Waals surface area contributed by atoms with E-state index in [1.165, 1.54) is 4.90 Å². The Labute approximate surface area is 175 Å². The molecule has 1 aliphatic heterocycles. The summed E-state index contributed by atoms with van der Waals surface area (Å²) in [5.41, 5.74) is 2.93. The van der Waals surface area contributed by atoms with Crippen LogP contribution in [-0.4, -0.2) is 44.3 Å². The number of ether oxygens (including phenoxy) is 2. The normalized spacial score (nSPS) is 15.6. The number of esters is 1. The van der Waals surface area contributed by atoms with E-state index < -0.39 is 18.0 Å². The van der Waals surface area contributed by atoms with Crippen molar-refractivity contribution >= 4 is 29.2 Å². The fraction of sp³-hybridized carbons (Fsp3) is 0.364. The van der Waals surface area contributed by atoms with Crippen LogP contribution < -0.4 is 10.2 Å². The largest absolute Gasteiger partial charge is 0.449 e. The molecule has 2 aromatic carbocycles. The fourth-order valence-corrected chi connectivity index (χ4v) is 3.32. The Hall–Kier alpha value is -2.41. The summed E-state index contributed by atoms with van der Waals surface area (Å²) >= 11 is 6.07. The fourth-order valence-electron chi connectivity index (χ4n) is 3.14. The minimum absolute atomic E-state index is 0.406. The van der Waals surface area contributed by atoms with Gasteiger partial charge in [0.15, 0.2) is 6.10 Å². The molecule has 0 aliphatic carbocycles. The highest BCUT2D eigenvalue weighted by molar-refractivity contribution is 6.31. The summed E-state index contributed by atoms with van der Waals surface area (Å²) < 4.78 is 10.7. The van der Waals surface area contributed by atoms with Crippen molar-refractivity contribution in [2.24, 2.45) is 0 Å². The molecule has 154 valence electrons. The molecule has 0 aromatic heterocycles. The molecule has 1 atom stereocenters. The summed E-state index contributed by atoms with van der Waals surface area (Å²) in [6.45, 7) is 7.81. The topological polar surface area (TPSA) is 69.1 Å². The molecule has 1 saturated heterocycles. The van der Waals surface area contributed by atoms with E-state index in [1.54, 1.807) is 37.3 Å². The molecule has 6 nitrogen and oxygen atoms in total. The number of amides is 1. The molecular weight excluding hydrogens is 392 g/mol. The second-order valence-corrected chi connectivity index (χ2v) is 7.59. The van der Waals surface area contributed by atoms with Crippen molar-refractivity contribution < 1.29 is 24.0 Å². The third-order valence-corrected chi connectivity index (χ3v) is 5.43. The van der Waals surface area contributed by atoms with Gasteiger partial charge in [0.25, 0.3) is 5.91 Å². The first-order valence-corrected chi connectivity index (χ1v) is 10.1. The van der Waals surface area contributed by atoms with Gasteiger partial charge < -0.3 is 19.7 Å². The number of nitrogens with one attached hydrogen (secondary N) is 2. The Bertz CT molecular complexity index is 864. The maximum atomic E-state index is 12.4. The third kappa shape index (κ3) is 5.79. The van der Waals surface area contributed by atoms with Gasteiger partial charge in [0.1, 0.15) is 19.6 Å². The van der Waals surface area contributed by atoms with Crippen molar-refractivity contribution in [3.8, 4) is 0 Å². The van der Waals surface area contributed by atoms with E-state index in [1.807, 2.05) is 19.1 Å². The number of hydrogen-bond acceptors (Lipinski definition) is 4. The molecule has 7 heteroatoms. The van der Waals surface area contributed by atoms with Crippen LogP contribution in [0.1, 0.15) is 28.4 Å². The van der Waals surface area contributed by atoms with Crippen molar-refractivity contribution in [3.63, 3.8) is 0 Å². The van der Waals surface area contributed by atoms with E-state index in [9.17, 15) is 9.59 Å². The van der Waals surface area contributed by atoms with E-state index in [2.05, 4.69) is 5.32 Å². The Morgan fingerprint density at radius 2 is 1.86 bits per heavy atom. The average Bonchev–Trinajstić information content (AvgIpc) is 2.72. The van der Waals surface area contributed by atoms with Crippen LogP contribution in [0.5, 0.6) is 0 Å². The molecule has 1 amide bonds. The molecule has 0 bridgehead atoms. The van der Waals surface area contributed by atoms with Crippen molar-refractivity contribution in [2.45, 2.75) is 26.5 Å². The standard InChI is InChI=1S/C22H25ClN2O4/c1-15-19(23)4-3-5-20(15)24-21(26)16(2)29-22(27)18-8-6-17(7-9-18)14-25-10-12-28-13-11-25/h3-9,16H,10-14H2,1-2H3,(H,24,26)/p+1/t16-/m1/s1. The number of carbonyl (C=O) groups excluding carboxylic acids is 2. The summed E-state index contributed by atoms with van der Waals surface area (Å²) in [5, 5.41) is 3.31. The zero-order valence-electron chi connectivity index (χ0n) is 16.7. The predicted molar refractivity (Wildman–Crippen MR) is 111 cm³/mol. The van der Waals surface area contributed by atoms with E-state index in [0.29, 0.717) is 16.3 Å². The molecule has 2 N–H and O–H groups in total. The number of morpholine rings is 1. The number of benzene rings is 2. The molecule has 29 heavy (non-hydrogen) atoms. The summed E-state index contributed by atoms with van der Waals surface area (Å²) in [4.78, 5) is 26.2. The van der Waals surface area contributed by atoms with Crippen molar-refractivity contribution in [1.82, 2.24) is 0 Å². The van der Waals surface area contributed by atoms with Crippen LogP contribution in [0.4, 0.5) is 5.69 Å². The smallest absolute Gasteiger partial charge is 0.338 e. The lowest BCUT2D eigenvalue weighted by Gasteiger charge is -2.23. The van der Waals surface area contributed by atoms with Crippen molar-refractivity contribution in [1.29, 1.82) is 0 Å². The molecule has 3 rings (SSSR count). The second-order valence-electron chi connectivity index (χ2n) is 7.19. The Balaban J connectivity index is 1.54. The van der Waals surface area contributed by atoms with Gasteiger partial charge >= 0.3 is 5.97 Å². The highest BCUT2D eigenvalue weighted by Gasteiger charge is 2.20. The maximum Gasteiger partial charge on any atom is 0.338 e. The number of carbonyl (C=O) groups is 2. The summed E-state index contributed by atoms with van der Waals surface area (Å²) in [6.07, 6.45) is -0.932. The first-order valence-electron chi connectivity index (χ1n) is 9.71. The Morgan fingerprint density at radius 3 is 2.55 bits per heavy atom. The van der Waals surface area contributed by atoms with Crippen LogP contribution in [0.25, 0.3) is 0 Å². The highest BCUT2D eigenvalue weighted by atomic mass is 35.5. The molecular formula is C22H26ClN2O4+. The van der Waals surface area contributed by atoms with E-state index in [0.717, 1.165) is 44.0 Å². The van der Waals surface area contributed by atoms with Gasteiger partial charge in [0, 0.05) is 16.3 Å². The Morgan fingerprint density at radius 1 is 1.17 bits per heavy atom. The van der Waals surface area contributed by atoms with Gasteiger partial charge in [-0.25, -0.2) is 4.79 Å². The summed E-state index contributed by atoms with van der Waals surface area (Å²) in [6, 6.07) is 12.6. The number of hydrogen-bond donors (Lipinski definition) is 2. The first kappa shape index (κ1) is 21.3. The lowest BCUT2D eigenvalue weighted by molar-refractivity contribution is -0.921. The lowest BCUT2D eigenvalue weighted by atomic mass is 10.1. The molecule has 2 aromatic rings. The number of anilines is 1. The first-order chi connectivity index (χ1) is 13.9. The zero-order chi connectivity index (χ0) is 20.8. The number of quaternary nitrogens is 1.